The molecule has 0 radical (unpaired) electrons. The van der Waals surface area contributed by atoms with Crippen molar-refractivity contribution < 1.29 is 9.15 Å². The summed E-state index contributed by atoms with van der Waals surface area (Å²) in [4.78, 5) is 9.04. The number of anilines is 2. The quantitative estimate of drug-likeness (QED) is 0.767. The fraction of sp³-hybridized carbons (Fsp3) is 0.143. The number of methoxy groups -OCH3 is 1. The maximum atomic E-state index is 5.89. The zero-order valence-electron chi connectivity index (χ0n) is 11.6. The van der Waals surface area contributed by atoms with Crippen LogP contribution in [0.15, 0.2) is 38.7 Å². The Labute approximate surface area is 125 Å². The van der Waals surface area contributed by atoms with E-state index in [1.54, 1.807) is 7.11 Å². The van der Waals surface area contributed by atoms with Gasteiger partial charge in [-0.05, 0) is 25.1 Å². The Morgan fingerprint density at radius 2 is 2.05 bits per heavy atom. The molecule has 21 heavy (non-hydrogen) atoms. The van der Waals surface area contributed by atoms with Crippen LogP contribution in [0.4, 0.5) is 11.8 Å². The first-order valence-corrected chi connectivity index (χ1v) is 7.04. The Morgan fingerprint density at radius 3 is 2.81 bits per heavy atom. The van der Waals surface area contributed by atoms with E-state index in [-0.39, 0.29) is 5.95 Å². The predicted octanol–water partition coefficient (Wildman–Crippen LogP) is 2.86. The van der Waals surface area contributed by atoms with Crippen LogP contribution in [0, 0.1) is 6.92 Å². The fourth-order valence-electron chi connectivity index (χ4n) is 2.04. The minimum atomic E-state index is 0.103. The lowest BCUT2D eigenvalue weighted by Gasteiger charge is -2.02. The van der Waals surface area contributed by atoms with Gasteiger partial charge in [0.05, 0.1) is 12.5 Å². The van der Waals surface area contributed by atoms with E-state index in [0.717, 1.165) is 16.2 Å². The standard InChI is InChI=1S/C14H14N4O2S/c1-7-10-11(15)17-14(16)18-12(10)20-13(7)21-9-5-3-4-8(6-9)19-2/h3-6H,1-2H3,(H4,15,16,17,18). The van der Waals surface area contributed by atoms with Gasteiger partial charge in [-0.15, -0.1) is 0 Å². The van der Waals surface area contributed by atoms with Gasteiger partial charge in [0, 0.05) is 10.5 Å². The Morgan fingerprint density at radius 1 is 1.24 bits per heavy atom. The molecule has 0 unspecified atom stereocenters. The van der Waals surface area contributed by atoms with Gasteiger partial charge in [-0.1, -0.05) is 17.8 Å². The number of nitrogen functional groups attached to an aromatic ring is 2. The van der Waals surface area contributed by atoms with Gasteiger partial charge in [-0.3, -0.25) is 0 Å². The van der Waals surface area contributed by atoms with Crippen LogP contribution in [0.5, 0.6) is 5.75 Å². The first-order chi connectivity index (χ1) is 10.1. The molecule has 0 bridgehead atoms. The van der Waals surface area contributed by atoms with Crippen molar-refractivity contribution in [2.45, 2.75) is 16.9 Å². The van der Waals surface area contributed by atoms with Crippen molar-refractivity contribution in [3.05, 3.63) is 29.8 Å². The number of fused-ring (bicyclic) bond motifs is 1. The summed E-state index contributed by atoms with van der Waals surface area (Å²) >= 11 is 1.47. The second kappa shape index (κ2) is 5.17. The number of rotatable bonds is 3. The molecule has 3 aromatic rings. The lowest BCUT2D eigenvalue weighted by molar-refractivity contribution is 0.413. The van der Waals surface area contributed by atoms with Crippen LogP contribution in [-0.4, -0.2) is 17.1 Å². The number of aromatic nitrogens is 2. The summed E-state index contributed by atoms with van der Waals surface area (Å²) in [6.45, 7) is 1.92. The molecule has 0 fully saturated rings. The van der Waals surface area contributed by atoms with Gasteiger partial charge in [-0.2, -0.15) is 9.97 Å². The summed E-state index contributed by atoms with van der Waals surface area (Å²) in [6, 6.07) is 7.72. The Bertz CT molecular complexity index is 816. The van der Waals surface area contributed by atoms with Crippen LogP contribution in [0.3, 0.4) is 0 Å². The Kier molecular flexibility index (Phi) is 3.34. The van der Waals surface area contributed by atoms with E-state index in [9.17, 15) is 0 Å². The number of furan rings is 1. The second-order valence-electron chi connectivity index (χ2n) is 4.44. The number of hydrogen-bond donors (Lipinski definition) is 2. The van der Waals surface area contributed by atoms with Crippen molar-refractivity contribution in [2.24, 2.45) is 0 Å². The number of benzene rings is 1. The zero-order chi connectivity index (χ0) is 15.0. The maximum absolute atomic E-state index is 5.89. The molecule has 2 aromatic heterocycles. The highest BCUT2D eigenvalue weighted by Crippen LogP contribution is 2.38. The number of aryl methyl sites for hydroxylation is 1. The maximum Gasteiger partial charge on any atom is 0.234 e. The van der Waals surface area contributed by atoms with Crippen LogP contribution >= 0.6 is 11.8 Å². The summed E-state index contributed by atoms with van der Waals surface area (Å²) in [5.41, 5.74) is 12.8. The highest BCUT2D eigenvalue weighted by atomic mass is 32.2. The molecule has 3 rings (SSSR count). The summed E-state index contributed by atoms with van der Waals surface area (Å²) in [5, 5.41) is 1.42. The molecule has 0 aliphatic carbocycles. The molecule has 108 valence electrons. The van der Waals surface area contributed by atoms with Crippen molar-refractivity contribution in [3.8, 4) is 5.75 Å². The number of nitrogens with zero attached hydrogens (tertiary/aromatic N) is 2. The van der Waals surface area contributed by atoms with Crippen molar-refractivity contribution in [3.63, 3.8) is 0 Å². The third-order valence-electron chi connectivity index (χ3n) is 3.04. The number of ether oxygens (including phenoxy) is 1. The molecule has 7 heteroatoms. The average Bonchev–Trinajstić information content (AvgIpc) is 2.75. The van der Waals surface area contributed by atoms with Crippen molar-refractivity contribution in [1.29, 1.82) is 0 Å². The van der Waals surface area contributed by atoms with Crippen molar-refractivity contribution >= 4 is 34.6 Å². The third kappa shape index (κ3) is 2.47. The largest absolute Gasteiger partial charge is 0.497 e. The number of hydrogen-bond acceptors (Lipinski definition) is 7. The van der Waals surface area contributed by atoms with Gasteiger partial charge in [0.25, 0.3) is 0 Å². The molecule has 4 N–H and O–H groups in total. The fourth-order valence-corrected chi connectivity index (χ4v) is 2.95. The minimum Gasteiger partial charge on any atom is -0.497 e. The molecular formula is C14H14N4O2S. The van der Waals surface area contributed by atoms with Crippen LogP contribution in [0.25, 0.3) is 11.1 Å². The van der Waals surface area contributed by atoms with Crippen molar-refractivity contribution in [2.75, 3.05) is 18.6 Å². The predicted molar refractivity (Wildman–Crippen MR) is 82.5 cm³/mol. The molecule has 0 saturated carbocycles. The van der Waals surface area contributed by atoms with Gasteiger partial charge in [-0.25, -0.2) is 0 Å². The second-order valence-corrected chi connectivity index (χ2v) is 5.49. The van der Waals surface area contributed by atoms with E-state index < -0.39 is 0 Å². The van der Waals surface area contributed by atoms with Gasteiger partial charge >= 0.3 is 0 Å². The monoisotopic (exact) mass is 302 g/mol. The van der Waals surface area contributed by atoms with Crippen LogP contribution in [0.2, 0.25) is 0 Å². The van der Waals surface area contributed by atoms with Gasteiger partial charge in [0.15, 0.2) is 5.09 Å². The minimum absolute atomic E-state index is 0.103. The van der Waals surface area contributed by atoms with Crippen molar-refractivity contribution in [1.82, 2.24) is 9.97 Å². The van der Waals surface area contributed by atoms with E-state index in [4.69, 9.17) is 20.6 Å². The van der Waals surface area contributed by atoms with Crippen LogP contribution in [0.1, 0.15) is 5.56 Å². The Hall–Kier alpha value is -2.41. The molecule has 0 amide bonds. The summed E-state index contributed by atoms with van der Waals surface area (Å²) in [5.74, 6) is 1.22. The SMILES string of the molecule is COc1cccc(Sc2oc3nc(N)nc(N)c3c2C)c1. The molecule has 1 aromatic carbocycles. The van der Waals surface area contributed by atoms with E-state index >= 15 is 0 Å². The first-order valence-electron chi connectivity index (χ1n) is 6.22. The Balaban J connectivity index is 2.04. The molecule has 0 spiro atoms. The summed E-state index contributed by atoms with van der Waals surface area (Å²) in [6.07, 6.45) is 0. The molecule has 0 atom stereocenters. The van der Waals surface area contributed by atoms with E-state index in [2.05, 4.69) is 9.97 Å². The smallest absolute Gasteiger partial charge is 0.234 e. The zero-order valence-corrected chi connectivity index (χ0v) is 12.4. The lowest BCUT2D eigenvalue weighted by atomic mass is 10.2. The van der Waals surface area contributed by atoms with Crippen LogP contribution < -0.4 is 16.2 Å². The molecule has 0 aliphatic rings. The molecular weight excluding hydrogens is 288 g/mol. The lowest BCUT2D eigenvalue weighted by Crippen LogP contribution is -1.99. The average molecular weight is 302 g/mol. The molecule has 0 saturated heterocycles. The highest BCUT2D eigenvalue weighted by molar-refractivity contribution is 7.99. The molecule has 2 heterocycles. The van der Waals surface area contributed by atoms with E-state index in [1.807, 2.05) is 31.2 Å². The van der Waals surface area contributed by atoms with Crippen LogP contribution in [-0.2, 0) is 0 Å². The van der Waals surface area contributed by atoms with E-state index in [1.165, 1.54) is 11.8 Å². The molecule has 6 nitrogen and oxygen atoms in total. The summed E-state index contributed by atoms with van der Waals surface area (Å²) in [7, 11) is 1.63. The van der Waals surface area contributed by atoms with Gasteiger partial charge < -0.3 is 20.6 Å². The number of nitrogens with two attached hydrogens (primary N) is 2. The normalized spacial score (nSPS) is 11.0. The van der Waals surface area contributed by atoms with E-state index in [0.29, 0.717) is 22.0 Å². The van der Waals surface area contributed by atoms with Gasteiger partial charge in [0.1, 0.15) is 11.6 Å². The topological polar surface area (TPSA) is 100 Å². The third-order valence-corrected chi connectivity index (χ3v) is 4.11. The molecule has 0 aliphatic heterocycles. The highest BCUT2D eigenvalue weighted by Gasteiger charge is 2.17. The summed E-state index contributed by atoms with van der Waals surface area (Å²) < 4.78 is 11.0. The van der Waals surface area contributed by atoms with Gasteiger partial charge in [0.2, 0.25) is 11.7 Å². The first kappa shape index (κ1) is 13.6.